The molecule has 0 bridgehead atoms. The summed E-state index contributed by atoms with van der Waals surface area (Å²) in [4.78, 5) is 16.5. The number of halogens is 1. The monoisotopic (exact) mass is 315 g/mol. The molecule has 3 N–H and O–H groups in total. The Kier molecular flexibility index (Phi) is 6.11. The van der Waals surface area contributed by atoms with Crippen LogP contribution in [0.5, 0.6) is 0 Å². The predicted octanol–water partition coefficient (Wildman–Crippen LogP) is 2.69. The smallest absolute Gasteiger partial charge is 0.265 e. The number of nitrogens with zero attached hydrogens (tertiary/aromatic N) is 1. The molecule has 5 nitrogen and oxygen atoms in total. The topological polar surface area (TPSA) is 76.7 Å². The summed E-state index contributed by atoms with van der Waals surface area (Å²) in [6.07, 6.45) is 1.28. The van der Waals surface area contributed by atoms with Gasteiger partial charge in [0.25, 0.3) is 5.91 Å². The van der Waals surface area contributed by atoms with Crippen LogP contribution in [0.1, 0.15) is 12.0 Å². The molecule has 0 fully saturated rings. The number of amides is 1. The van der Waals surface area contributed by atoms with E-state index in [-0.39, 0.29) is 6.61 Å². The number of nitrogens with one attached hydrogen (secondary N) is 1. The van der Waals surface area contributed by atoms with Gasteiger partial charge in [0.1, 0.15) is 11.7 Å². The number of aryl methyl sites for hydroxylation is 1. The van der Waals surface area contributed by atoms with E-state index in [1.54, 1.807) is 6.07 Å². The molecule has 0 heterocycles. The van der Waals surface area contributed by atoms with Crippen molar-refractivity contribution in [3.8, 4) is 0 Å². The van der Waals surface area contributed by atoms with Crippen LogP contribution >= 0.6 is 0 Å². The van der Waals surface area contributed by atoms with Crippen LogP contribution < -0.4 is 11.1 Å². The third-order valence-electron chi connectivity index (χ3n) is 3.00. The van der Waals surface area contributed by atoms with Crippen molar-refractivity contribution in [1.29, 1.82) is 0 Å². The summed E-state index contributed by atoms with van der Waals surface area (Å²) in [5, 5.41) is 6.20. The fourth-order valence-electron chi connectivity index (χ4n) is 1.90. The van der Waals surface area contributed by atoms with Crippen molar-refractivity contribution in [2.45, 2.75) is 12.8 Å². The van der Waals surface area contributed by atoms with E-state index >= 15 is 0 Å². The number of carbonyl (C=O) groups is 1. The van der Waals surface area contributed by atoms with Crippen LogP contribution in [0.3, 0.4) is 0 Å². The lowest BCUT2D eigenvalue weighted by molar-refractivity contribution is -0.120. The molecule has 0 saturated carbocycles. The molecule has 0 saturated heterocycles. The molecule has 6 heteroatoms. The molecule has 0 radical (unpaired) electrons. The Morgan fingerprint density at radius 1 is 1.17 bits per heavy atom. The van der Waals surface area contributed by atoms with E-state index < -0.39 is 11.7 Å². The molecule has 0 aliphatic rings. The summed E-state index contributed by atoms with van der Waals surface area (Å²) >= 11 is 0. The Hall–Kier alpha value is -2.89. The van der Waals surface area contributed by atoms with Gasteiger partial charge in [-0.2, -0.15) is 0 Å². The molecule has 2 rings (SSSR count). The van der Waals surface area contributed by atoms with E-state index in [4.69, 9.17) is 10.6 Å². The molecule has 2 aromatic carbocycles. The van der Waals surface area contributed by atoms with Gasteiger partial charge in [-0.3, -0.25) is 4.79 Å². The largest absolute Gasteiger partial charge is 0.384 e. The summed E-state index contributed by atoms with van der Waals surface area (Å²) in [5.41, 5.74) is 7.23. The molecule has 2 aromatic rings. The molecule has 0 unspecified atom stereocenters. The first-order chi connectivity index (χ1) is 11.1. The average Bonchev–Trinajstić information content (AvgIpc) is 2.54. The average molecular weight is 315 g/mol. The lowest BCUT2D eigenvalue weighted by atomic mass is 10.1. The molecule has 0 atom stereocenters. The number of hydrogen-bond acceptors (Lipinski definition) is 3. The van der Waals surface area contributed by atoms with Crippen LogP contribution in [0.2, 0.25) is 0 Å². The van der Waals surface area contributed by atoms with Gasteiger partial charge in [0, 0.05) is 12.1 Å². The third kappa shape index (κ3) is 6.17. The first-order valence-corrected chi connectivity index (χ1v) is 7.17. The van der Waals surface area contributed by atoms with Gasteiger partial charge in [-0.25, -0.2) is 4.39 Å². The van der Waals surface area contributed by atoms with E-state index in [0.29, 0.717) is 17.9 Å². The maximum Gasteiger partial charge on any atom is 0.265 e. The summed E-state index contributed by atoms with van der Waals surface area (Å²) in [5.74, 6) is -0.547. The van der Waals surface area contributed by atoms with Crippen LogP contribution in [-0.4, -0.2) is 18.3 Å². The Morgan fingerprint density at radius 2 is 1.96 bits per heavy atom. The summed E-state index contributed by atoms with van der Waals surface area (Å²) < 4.78 is 13.0. The van der Waals surface area contributed by atoms with Crippen LogP contribution in [0, 0.1) is 5.82 Å². The normalized spacial score (nSPS) is 11.1. The van der Waals surface area contributed by atoms with Gasteiger partial charge in [-0.05, 0) is 30.2 Å². The Morgan fingerprint density at radius 3 is 2.70 bits per heavy atom. The van der Waals surface area contributed by atoms with Crippen molar-refractivity contribution < 1.29 is 14.0 Å². The highest BCUT2D eigenvalue weighted by molar-refractivity contribution is 5.91. The number of benzene rings is 2. The molecule has 120 valence electrons. The molecule has 1 amide bonds. The lowest BCUT2D eigenvalue weighted by Crippen LogP contribution is -2.19. The summed E-state index contributed by atoms with van der Waals surface area (Å²) in [7, 11) is 0. The quantitative estimate of drug-likeness (QED) is 0.468. The second-order valence-corrected chi connectivity index (χ2v) is 4.90. The standard InChI is InChI=1S/C17H18FN3O2/c18-14-7-4-8-15(11-14)20-17(22)12-23-21-16(19)10-9-13-5-2-1-3-6-13/h1-8,11H,9-10,12H2,(H2,19,21)(H,20,22). The first kappa shape index (κ1) is 16.5. The highest BCUT2D eigenvalue weighted by Gasteiger charge is 2.04. The van der Waals surface area contributed by atoms with Crippen molar-refractivity contribution in [2.24, 2.45) is 10.9 Å². The van der Waals surface area contributed by atoms with Crippen LogP contribution in [0.15, 0.2) is 59.8 Å². The van der Waals surface area contributed by atoms with Gasteiger partial charge < -0.3 is 15.9 Å². The zero-order valence-electron chi connectivity index (χ0n) is 12.5. The van der Waals surface area contributed by atoms with Gasteiger partial charge >= 0.3 is 0 Å². The van der Waals surface area contributed by atoms with Crippen molar-refractivity contribution >= 4 is 17.4 Å². The Labute approximate surface area is 133 Å². The minimum Gasteiger partial charge on any atom is -0.384 e. The van der Waals surface area contributed by atoms with Crippen molar-refractivity contribution in [1.82, 2.24) is 0 Å². The number of carbonyl (C=O) groups excluding carboxylic acids is 1. The van der Waals surface area contributed by atoms with Crippen LogP contribution in [-0.2, 0) is 16.1 Å². The number of rotatable bonds is 7. The maximum atomic E-state index is 13.0. The zero-order valence-corrected chi connectivity index (χ0v) is 12.5. The van der Waals surface area contributed by atoms with E-state index in [1.165, 1.54) is 18.2 Å². The van der Waals surface area contributed by atoms with E-state index in [9.17, 15) is 9.18 Å². The van der Waals surface area contributed by atoms with Crippen molar-refractivity contribution in [2.75, 3.05) is 11.9 Å². The summed E-state index contributed by atoms with van der Waals surface area (Å²) in [6, 6.07) is 15.5. The third-order valence-corrected chi connectivity index (χ3v) is 3.00. The zero-order chi connectivity index (χ0) is 16.5. The number of amidine groups is 1. The number of nitrogens with two attached hydrogens (primary N) is 1. The SMILES string of the molecule is N/C(CCc1ccccc1)=N\OCC(=O)Nc1cccc(F)c1. The second kappa shape index (κ2) is 8.53. The molecular weight excluding hydrogens is 297 g/mol. The Balaban J connectivity index is 1.71. The number of oxime groups is 1. The van der Waals surface area contributed by atoms with Gasteiger partial charge in [0.2, 0.25) is 0 Å². The van der Waals surface area contributed by atoms with E-state index in [0.717, 1.165) is 12.0 Å². The number of anilines is 1. The minimum absolute atomic E-state index is 0.289. The predicted molar refractivity (Wildman–Crippen MR) is 87.4 cm³/mol. The maximum absolute atomic E-state index is 13.0. The van der Waals surface area contributed by atoms with Crippen LogP contribution in [0.4, 0.5) is 10.1 Å². The summed E-state index contributed by atoms with van der Waals surface area (Å²) in [6.45, 7) is -0.289. The fraction of sp³-hybridized carbons (Fsp3) is 0.176. The fourth-order valence-corrected chi connectivity index (χ4v) is 1.90. The Bertz CT molecular complexity index is 675. The molecular formula is C17H18FN3O2. The highest BCUT2D eigenvalue weighted by atomic mass is 19.1. The molecule has 0 spiro atoms. The highest BCUT2D eigenvalue weighted by Crippen LogP contribution is 2.08. The van der Waals surface area contributed by atoms with Crippen molar-refractivity contribution in [3.63, 3.8) is 0 Å². The van der Waals surface area contributed by atoms with E-state index in [2.05, 4.69) is 10.5 Å². The van der Waals surface area contributed by atoms with Gasteiger partial charge in [0.15, 0.2) is 6.61 Å². The van der Waals surface area contributed by atoms with E-state index in [1.807, 2.05) is 30.3 Å². The van der Waals surface area contributed by atoms with Gasteiger partial charge in [-0.15, -0.1) is 0 Å². The molecule has 23 heavy (non-hydrogen) atoms. The number of hydrogen-bond donors (Lipinski definition) is 2. The molecule has 0 aliphatic heterocycles. The molecule has 0 aromatic heterocycles. The molecule has 0 aliphatic carbocycles. The first-order valence-electron chi connectivity index (χ1n) is 7.17. The minimum atomic E-state index is -0.435. The van der Waals surface area contributed by atoms with Crippen molar-refractivity contribution in [3.05, 3.63) is 66.0 Å². The lowest BCUT2D eigenvalue weighted by Gasteiger charge is -2.05. The van der Waals surface area contributed by atoms with Gasteiger partial charge in [0.05, 0.1) is 0 Å². The van der Waals surface area contributed by atoms with Gasteiger partial charge in [-0.1, -0.05) is 41.6 Å². The second-order valence-electron chi connectivity index (χ2n) is 4.90. The van der Waals surface area contributed by atoms with Crippen LogP contribution in [0.25, 0.3) is 0 Å².